The van der Waals surface area contributed by atoms with Crippen LogP contribution in [0.1, 0.15) is 56.6 Å². The smallest absolute Gasteiger partial charge is 0.229 e. The van der Waals surface area contributed by atoms with Gasteiger partial charge in [0.1, 0.15) is 10.8 Å². The molecule has 13 heteroatoms. The normalized spacial score (nSPS) is 22.5. The Balaban J connectivity index is 1.28. The number of nitrogens with one attached hydrogen (secondary N) is 3. The molecule has 11 nitrogen and oxygen atoms in total. The van der Waals surface area contributed by atoms with Crippen LogP contribution in [0.3, 0.4) is 0 Å². The van der Waals surface area contributed by atoms with E-state index < -0.39 is 15.1 Å². The summed E-state index contributed by atoms with van der Waals surface area (Å²) in [4.78, 5) is 8.97. The highest BCUT2D eigenvalue weighted by atomic mass is 35.5. The number of fused-ring (bicyclic) bond motifs is 2. The molecule has 3 fully saturated rings. The first-order chi connectivity index (χ1) is 19.6. The van der Waals surface area contributed by atoms with E-state index in [9.17, 15) is 8.42 Å². The Hall–Kier alpha value is -2.93. The van der Waals surface area contributed by atoms with Gasteiger partial charge in [0.2, 0.25) is 20.8 Å². The lowest BCUT2D eigenvalue weighted by molar-refractivity contribution is 0.0179. The molecule has 2 bridgehead atoms. The molecule has 3 aliphatic rings. The fourth-order valence-corrected chi connectivity index (χ4v) is 6.78. The van der Waals surface area contributed by atoms with Crippen LogP contribution in [0.25, 0.3) is 0 Å². The predicted octanol–water partition coefficient (Wildman–Crippen LogP) is 4.62. The summed E-state index contributed by atoms with van der Waals surface area (Å²) in [6.07, 6.45) is 7.42. The molecule has 2 atom stereocenters. The van der Waals surface area contributed by atoms with Gasteiger partial charge in [-0.05, 0) is 75.6 Å². The first-order valence-corrected chi connectivity index (χ1v) is 16.0. The second kappa shape index (κ2) is 11.0. The Kier molecular flexibility index (Phi) is 7.60. The fourth-order valence-electron chi connectivity index (χ4n) is 5.55. The molecule has 6 rings (SSSR count). The number of anilines is 4. The maximum Gasteiger partial charge on any atom is 0.229 e. The standard InChI is InChI=1S/C28H36ClN7O4S/c1-15(2)41(37,38)27-24(12-36(4)35-27)32-26-22(29)11-30-28(34-26)33-23-7-16(3)21(10-25(23)40-20-5-6-20)17-8-18-13-39-14-19(9-17)31-18/h7,10-12,15,17-20,31H,5-6,8-9,13-14H2,1-4H3,(H2,30,32,33,34). The van der Waals surface area contributed by atoms with E-state index in [2.05, 4.69) is 50.1 Å². The Morgan fingerprint density at radius 3 is 2.56 bits per heavy atom. The number of hydrogen-bond donors (Lipinski definition) is 3. The Morgan fingerprint density at radius 1 is 1.15 bits per heavy atom. The quantitative estimate of drug-likeness (QED) is 0.319. The maximum absolute atomic E-state index is 12.9. The number of rotatable bonds is 9. The number of benzene rings is 1. The number of halogens is 1. The van der Waals surface area contributed by atoms with Crippen molar-refractivity contribution in [2.24, 2.45) is 7.05 Å². The van der Waals surface area contributed by atoms with Crippen LogP contribution in [-0.2, 0) is 21.6 Å². The molecule has 0 radical (unpaired) electrons. The van der Waals surface area contributed by atoms with Crippen LogP contribution >= 0.6 is 11.6 Å². The minimum atomic E-state index is -3.64. The van der Waals surface area contributed by atoms with Gasteiger partial charge in [0.05, 0.1) is 42.1 Å². The lowest BCUT2D eigenvalue weighted by atomic mass is 9.80. The summed E-state index contributed by atoms with van der Waals surface area (Å²) in [6.45, 7) is 6.88. The minimum absolute atomic E-state index is 0.0564. The molecular weight excluding hydrogens is 566 g/mol. The Bertz CT molecular complexity index is 1540. The topological polar surface area (TPSA) is 132 Å². The highest BCUT2D eigenvalue weighted by Gasteiger charge is 2.34. The zero-order valence-electron chi connectivity index (χ0n) is 23.6. The van der Waals surface area contributed by atoms with Crippen molar-refractivity contribution < 1.29 is 17.9 Å². The zero-order chi connectivity index (χ0) is 28.9. The molecule has 1 saturated carbocycles. The molecule has 41 heavy (non-hydrogen) atoms. The number of piperidine rings is 1. The molecule has 0 spiro atoms. The second-order valence-corrected chi connectivity index (χ2v) is 14.4. The maximum atomic E-state index is 12.9. The molecule has 1 aromatic carbocycles. The van der Waals surface area contributed by atoms with Gasteiger partial charge < -0.3 is 25.4 Å². The van der Waals surface area contributed by atoms with Crippen LogP contribution in [0.4, 0.5) is 23.1 Å². The Morgan fingerprint density at radius 2 is 1.88 bits per heavy atom. The number of aryl methyl sites for hydroxylation is 2. The summed E-state index contributed by atoms with van der Waals surface area (Å²) in [5.41, 5.74) is 3.54. The zero-order valence-corrected chi connectivity index (χ0v) is 25.2. The van der Waals surface area contributed by atoms with Crippen LogP contribution in [-0.4, -0.2) is 64.8 Å². The monoisotopic (exact) mass is 601 g/mol. The average Bonchev–Trinajstić information content (AvgIpc) is 3.66. The van der Waals surface area contributed by atoms with Gasteiger partial charge in [-0.15, -0.1) is 0 Å². The molecule has 3 aromatic rings. The number of sulfone groups is 1. The summed E-state index contributed by atoms with van der Waals surface area (Å²) in [5, 5.41) is 13.8. The number of ether oxygens (including phenoxy) is 2. The number of aromatic nitrogens is 4. The van der Waals surface area contributed by atoms with Gasteiger partial charge in [-0.25, -0.2) is 13.4 Å². The van der Waals surface area contributed by atoms with E-state index in [0.29, 0.717) is 29.6 Å². The van der Waals surface area contributed by atoms with Crippen LogP contribution in [0.2, 0.25) is 5.02 Å². The third-order valence-corrected chi connectivity index (χ3v) is 10.2. The molecule has 4 heterocycles. The van der Waals surface area contributed by atoms with E-state index in [0.717, 1.165) is 50.3 Å². The molecule has 1 aliphatic carbocycles. The van der Waals surface area contributed by atoms with Crippen molar-refractivity contribution in [1.29, 1.82) is 0 Å². The van der Waals surface area contributed by atoms with Crippen molar-refractivity contribution in [2.45, 2.75) is 80.8 Å². The van der Waals surface area contributed by atoms with E-state index in [1.54, 1.807) is 27.1 Å². The van der Waals surface area contributed by atoms with Crippen molar-refractivity contribution in [1.82, 2.24) is 25.1 Å². The van der Waals surface area contributed by atoms with Gasteiger partial charge in [0.15, 0.2) is 5.82 Å². The summed E-state index contributed by atoms with van der Waals surface area (Å²) in [6, 6.07) is 5.03. The molecule has 0 amide bonds. The molecular formula is C28H36ClN7O4S. The Labute approximate surface area is 245 Å². The van der Waals surface area contributed by atoms with Crippen molar-refractivity contribution in [2.75, 3.05) is 23.8 Å². The van der Waals surface area contributed by atoms with Crippen molar-refractivity contribution >= 4 is 44.6 Å². The van der Waals surface area contributed by atoms with E-state index in [-0.39, 0.29) is 22.0 Å². The number of hydrogen-bond acceptors (Lipinski definition) is 10. The second-order valence-electron chi connectivity index (χ2n) is 11.5. The van der Waals surface area contributed by atoms with Crippen molar-refractivity contribution in [3.63, 3.8) is 0 Å². The molecule has 2 aliphatic heterocycles. The lowest BCUT2D eigenvalue weighted by Gasteiger charge is -2.40. The summed E-state index contributed by atoms with van der Waals surface area (Å²) in [7, 11) is -1.97. The third-order valence-electron chi connectivity index (χ3n) is 7.80. The number of morpholine rings is 1. The summed E-state index contributed by atoms with van der Waals surface area (Å²) >= 11 is 6.44. The van der Waals surface area contributed by atoms with Crippen molar-refractivity contribution in [3.8, 4) is 5.75 Å². The SMILES string of the molecule is Cc1cc(Nc2ncc(Cl)c(Nc3cn(C)nc3S(=O)(=O)C(C)C)n2)c(OC2CC2)cc1C1CC2COCC(C1)N2. The van der Waals surface area contributed by atoms with Crippen LogP contribution in [0, 0.1) is 6.92 Å². The summed E-state index contributed by atoms with van der Waals surface area (Å²) < 4.78 is 39.3. The van der Waals surface area contributed by atoms with Gasteiger partial charge in [-0.3, -0.25) is 4.68 Å². The van der Waals surface area contributed by atoms with E-state index in [4.69, 9.17) is 21.1 Å². The predicted molar refractivity (Wildman–Crippen MR) is 157 cm³/mol. The third kappa shape index (κ3) is 6.01. The first-order valence-electron chi connectivity index (χ1n) is 14.1. The average molecular weight is 602 g/mol. The minimum Gasteiger partial charge on any atom is -0.488 e. The highest BCUT2D eigenvalue weighted by molar-refractivity contribution is 7.92. The van der Waals surface area contributed by atoms with Crippen LogP contribution in [0.5, 0.6) is 5.75 Å². The number of nitrogens with zero attached hydrogens (tertiary/aromatic N) is 4. The van der Waals surface area contributed by atoms with Crippen LogP contribution < -0.4 is 20.7 Å². The highest BCUT2D eigenvalue weighted by Crippen LogP contribution is 2.41. The van der Waals surface area contributed by atoms with Gasteiger partial charge in [0.25, 0.3) is 0 Å². The van der Waals surface area contributed by atoms with Gasteiger partial charge in [0, 0.05) is 25.3 Å². The largest absolute Gasteiger partial charge is 0.488 e. The van der Waals surface area contributed by atoms with E-state index in [1.165, 1.54) is 22.0 Å². The molecule has 220 valence electrons. The van der Waals surface area contributed by atoms with Crippen molar-refractivity contribution in [3.05, 3.63) is 40.7 Å². The molecule has 2 aromatic heterocycles. The van der Waals surface area contributed by atoms with E-state index >= 15 is 0 Å². The molecule has 2 unspecified atom stereocenters. The van der Waals surface area contributed by atoms with Crippen LogP contribution in [0.15, 0.2) is 29.6 Å². The summed E-state index contributed by atoms with van der Waals surface area (Å²) in [5.74, 6) is 1.78. The van der Waals surface area contributed by atoms with Gasteiger partial charge in [-0.2, -0.15) is 10.1 Å². The van der Waals surface area contributed by atoms with E-state index in [1.807, 2.05) is 0 Å². The molecule has 2 saturated heterocycles. The molecule has 3 N–H and O–H groups in total. The first kappa shape index (κ1) is 28.2. The lowest BCUT2D eigenvalue weighted by Crippen LogP contribution is -2.53. The fraction of sp³-hybridized carbons (Fsp3) is 0.536. The van der Waals surface area contributed by atoms with Gasteiger partial charge >= 0.3 is 0 Å². The van der Waals surface area contributed by atoms with Gasteiger partial charge in [-0.1, -0.05) is 11.6 Å².